The number of hydrogen-bond donors (Lipinski definition) is 0. The molecule has 2 rings (SSSR count). The fourth-order valence-electron chi connectivity index (χ4n) is 2.52. The Bertz CT molecular complexity index is 101. The van der Waals surface area contributed by atoms with Gasteiger partial charge < -0.3 is 0 Å². The molecule has 2 aliphatic carbocycles. The molecule has 0 N–H and O–H groups in total. The van der Waals surface area contributed by atoms with Gasteiger partial charge in [-0.25, -0.2) is 0 Å². The van der Waals surface area contributed by atoms with E-state index < -0.39 is 0 Å². The van der Waals surface area contributed by atoms with Crippen LogP contribution in [-0.4, -0.2) is 11.3 Å². The Kier molecular flexibility index (Phi) is 4.90. The van der Waals surface area contributed by atoms with Gasteiger partial charge in [0.15, 0.2) is 0 Å². The summed E-state index contributed by atoms with van der Waals surface area (Å²) in [5.74, 6) is 0. The molecule has 0 atom stereocenters. The van der Waals surface area contributed by atoms with Gasteiger partial charge in [0.25, 0.3) is 0 Å². The summed E-state index contributed by atoms with van der Waals surface area (Å²) in [4.78, 5) is 0. The zero-order valence-corrected chi connectivity index (χ0v) is 9.54. The largest absolute Gasteiger partial charge is 0.147 e. The molecule has 0 aromatic rings. The maximum absolute atomic E-state index is 1.56. The zero-order chi connectivity index (χ0) is 7.52. The smallest absolute Gasteiger partial charge is 0.0234 e. The van der Waals surface area contributed by atoms with Crippen LogP contribution in [0, 0.1) is 0 Å². The van der Waals surface area contributed by atoms with E-state index in [4.69, 9.17) is 0 Å². The maximum atomic E-state index is 1.56. The highest BCUT2D eigenvalue weighted by Crippen LogP contribution is 2.43. The van der Waals surface area contributed by atoms with Crippen LogP contribution < -0.4 is 0 Å². The van der Waals surface area contributed by atoms with Crippen molar-refractivity contribution in [3.05, 3.63) is 0 Å². The first-order valence-corrected chi connectivity index (χ1v) is 6.37. The molecule has 72 valence electrons. The Labute approximate surface area is 84.1 Å². The summed E-state index contributed by atoms with van der Waals surface area (Å²) in [6, 6.07) is 0. The van der Waals surface area contributed by atoms with Crippen LogP contribution in [0.15, 0.2) is 0 Å². The van der Waals surface area contributed by atoms with Gasteiger partial charge in [-0.2, -0.15) is 0 Å². The van der Waals surface area contributed by atoms with Crippen molar-refractivity contribution in [3.8, 4) is 0 Å². The Balaban J connectivity index is 0.000000720. The van der Waals surface area contributed by atoms with E-state index in [0.717, 1.165) is 11.3 Å². The van der Waals surface area contributed by atoms with Gasteiger partial charge in [-0.3, -0.25) is 0 Å². The van der Waals surface area contributed by atoms with E-state index >= 15 is 0 Å². The Hall–Kier alpha value is 0.720. The highest BCUT2D eigenvalue weighted by Gasteiger charge is 2.21. The van der Waals surface area contributed by atoms with E-state index in [1.54, 1.807) is 25.7 Å². The van der Waals surface area contributed by atoms with Crippen molar-refractivity contribution in [1.82, 2.24) is 0 Å². The molecule has 0 aliphatic heterocycles. The van der Waals surface area contributed by atoms with Crippen LogP contribution in [0.4, 0.5) is 0 Å². The molecule has 0 unspecified atom stereocenters. The van der Waals surface area contributed by atoms with E-state index in [2.05, 4.69) is 0 Å². The monoisotopic (exact) mass is 206 g/mol. The van der Waals surface area contributed by atoms with Gasteiger partial charge in [-0.05, 0) is 37.0 Å². The first kappa shape index (κ1) is 10.8. The van der Waals surface area contributed by atoms with Gasteiger partial charge in [0.1, 0.15) is 0 Å². The van der Waals surface area contributed by atoms with E-state index in [1.165, 1.54) is 34.3 Å². The molecule has 0 aromatic carbocycles. The highest BCUT2D eigenvalue weighted by atomic mass is 35.5. The Morgan fingerprint density at radius 1 is 0.667 bits per heavy atom. The van der Waals surface area contributed by atoms with Crippen molar-refractivity contribution >= 4 is 21.0 Å². The van der Waals surface area contributed by atoms with E-state index in [0.29, 0.717) is 0 Å². The van der Waals surface area contributed by atoms with Crippen LogP contribution in [0.3, 0.4) is 0 Å². The molecule has 2 fully saturated rings. The average molecular weight is 207 g/mol. The van der Waals surface area contributed by atoms with Crippen LogP contribution in [0.2, 0.25) is 0 Å². The van der Waals surface area contributed by atoms with Gasteiger partial charge in [0.05, 0.1) is 0 Å². The molecule has 2 saturated carbocycles. The molecular weight excluding hydrogens is 187 g/mol. The number of rotatable bonds is 2. The quantitative estimate of drug-likeness (QED) is 0.600. The molecule has 0 amide bonds. The summed E-state index contributed by atoms with van der Waals surface area (Å²) in [6.45, 7) is 0. The lowest BCUT2D eigenvalue weighted by Crippen LogP contribution is -2.00. The fraction of sp³-hybridized carbons (Fsp3) is 1.00. The first-order chi connectivity index (χ1) is 5.45. The fourth-order valence-corrected chi connectivity index (χ4v) is 4.67. The van der Waals surface area contributed by atoms with Crippen LogP contribution in [0.25, 0.3) is 0 Å². The molecule has 2 heteroatoms. The van der Waals surface area contributed by atoms with Gasteiger partial charge in [-0.1, -0.05) is 25.7 Å². The standard InChI is InChI=1S/C10H19P.ClH/c1-2-6-9(5-1)11-10-7-3-4-8-10;/h9-11H,1-8H2;1H. The van der Waals surface area contributed by atoms with Crippen molar-refractivity contribution in [2.75, 3.05) is 0 Å². The lowest BCUT2D eigenvalue weighted by molar-refractivity contribution is 0.844. The topological polar surface area (TPSA) is 0 Å². The third-order valence-electron chi connectivity index (χ3n) is 3.18. The summed E-state index contributed by atoms with van der Waals surface area (Å²) in [7, 11) is 1.34. The maximum Gasteiger partial charge on any atom is -0.0234 e. The van der Waals surface area contributed by atoms with Crippen molar-refractivity contribution in [2.24, 2.45) is 0 Å². The van der Waals surface area contributed by atoms with E-state index in [9.17, 15) is 0 Å². The van der Waals surface area contributed by atoms with Crippen LogP contribution >= 0.6 is 21.0 Å². The van der Waals surface area contributed by atoms with Crippen molar-refractivity contribution < 1.29 is 0 Å². The Morgan fingerprint density at radius 3 is 1.33 bits per heavy atom. The molecular formula is C10H20ClP. The molecule has 0 aromatic heterocycles. The predicted octanol–water partition coefficient (Wildman–Crippen LogP) is 3.97. The van der Waals surface area contributed by atoms with Gasteiger partial charge in [-0.15, -0.1) is 21.0 Å². The van der Waals surface area contributed by atoms with Crippen molar-refractivity contribution in [2.45, 2.75) is 62.7 Å². The van der Waals surface area contributed by atoms with Crippen LogP contribution in [0.1, 0.15) is 51.4 Å². The highest BCUT2D eigenvalue weighted by molar-refractivity contribution is 7.39. The molecule has 12 heavy (non-hydrogen) atoms. The molecule has 0 heterocycles. The van der Waals surface area contributed by atoms with E-state index in [1.807, 2.05) is 0 Å². The molecule has 0 nitrogen and oxygen atoms in total. The third kappa shape index (κ3) is 2.89. The molecule has 0 spiro atoms. The minimum Gasteiger partial charge on any atom is -0.147 e. The van der Waals surface area contributed by atoms with Crippen molar-refractivity contribution in [1.29, 1.82) is 0 Å². The second-order valence-corrected chi connectivity index (χ2v) is 6.10. The average Bonchev–Trinajstić information content (AvgIpc) is 2.60. The lowest BCUT2D eigenvalue weighted by Gasteiger charge is -2.14. The minimum absolute atomic E-state index is 0. The summed E-state index contributed by atoms with van der Waals surface area (Å²) in [6.07, 6.45) is 12.4. The SMILES string of the molecule is C1CCC(PC2CCCC2)C1.Cl. The summed E-state index contributed by atoms with van der Waals surface area (Å²) in [5.41, 5.74) is 2.33. The van der Waals surface area contributed by atoms with Crippen LogP contribution in [-0.2, 0) is 0 Å². The summed E-state index contributed by atoms with van der Waals surface area (Å²) in [5, 5.41) is 0. The van der Waals surface area contributed by atoms with E-state index in [-0.39, 0.29) is 12.4 Å². The lowest BCUT2D eigenvalue weighted by atomic mass is 10.4. The van der Waals surface area contributed by atoms with Gasteiger partial charge >= 0.3 is 0 Å². The number of halogens is 1. The molecule has 0 saturated heterocycles. The molecule has 0 radical (unpaired) electrons. The Morgan fingerprint density at radius 2 is 1.00 bits per heavy atom. The van der Waals surface area contributed by atoms with Crippen molar-refractivity contribution in [3.63, 3.8) is 0 Å². The minimum atomic E-state index is 0. The normalized spacial score (nSPS) is 26.0. The van der Waals surface area contributed by atoms with Gasteiger partial charge in [0, 0.05) is 0 Å². The summed E-state index contributed by atoms with van der Waals surface area (Å²) >= 11 is 0. The zero-order valence-electron chi connectivity index (χ0n) is 7.72. The molecule has 0 bridgehead atoms. The summed E-state index contributed by atoms with van der Waals surface area (Å²) < 4.78 is 0. The predicted molar refractivity (Wildman–Crippen MR) is 60.1 cm³/mol. The first-order valence-electron chi connectivity index (χ1n) is 5.21. The second kappa shape index (κ2) is 5.45. The molecule has 2 aliphatic rings. The number of hydrogen-bond acceptors (Lipinski definition) is 0. The second-order valence-electron chi connectivity index (χ2n) is 4.13. The van der Waals surface area contributed by atoms with Gasteiger partial charge in [0.2, 0.25) is 0 Å². The third-order valence-corrected chi connectivity index (χ3v) is 5.28. The van der Waals surface area contributed by atoms with Crippen LogP contribution in [0.5, 0.6) is 0 Å².